The summed E-state index contributed by atoms with van der Waals surface area (Å²) in [6.07, 6.45) is 0. The number of hydrogen-bond donors (Lipinski definition) is 0. The lowest BCUT2D eigenvalue weighted by molar-refractivity contribution is 1.18. The Morgan fingerprint density at radius 2 is 1.23 bits per heavy atom. The first-order valence-corrected chi connectivity index (χ1v) is 8.12. The third-order valence-electron chi connectivity index (χ3n) is 4.39. The van der Waals surface area contributed by atoms with Gasteiger partial charge in [0.05, 0.1) is 11.0 Å². The first kappa shape index (κ1) is 12.2. The monoisotopic (exact) mass is 345 g/mol. The molecule has 104 valence electrons. The van der Waals surface area contributed by atoms with Crippen LogP contribution in [0.2, 0.25) is 0 Å². The number of aromatic nitrogens is 1. The molecule has 0 atom stereocenters. The summed E-state index contributed by atoms with van der Waals surface area (Å²) >= 11 is 3.59. The van der Waals surface area contributed by atoms with Crippen LogP contribution in [0.5, 0.6) is 0 Å². The minimum atomic E-state index is 1.10. The molecule has 0 aliphatic heterocycles. The summed E-state index contributed by atoms with van der Waals surface area (Å²) in [5.74, 6) is 0. The highest BCUT2D eigenvalue weighted by Crippen LogP contribution is 2.38. The van der Waals surface area contributed by atoms with Crippen molar-refractivity contribution in [3.8, 4) is 5.69 Å². The zero-order valence-electron chi connectivity index (χ0n) is 11.8. The van der Waals surface area contributed by atoms with E-state index < -0.39 is 0 Å². The molecule has 1 heterocycles. The molecule has 1 nitrogen and oxygen atoms in total. The van der Waals surface area contributed by atoms with E-state index in [1.165, 1.54) is 38.3 Å². The molecular formula is C20H12BrN. The largest absolute Gasteiger partial charge is 0.309 e. The molecule has 0 bridgehead atoms. The van der Waals surface area contributed by atoms with Crippen molar-refractivity contribution in [1.82, 2.24) is 4.57 Å². The lowest BCUT2D eigenvalue weighted by Gasteiger charge is -2.08. The maximum atomic E-state index is 3.59. The van der Waals surface area contributed by atoms with Crippen LogP contribution in [0, 0.1) is 0 Å². The van der Waals surface area contributed by atoms with Crippen molar-refractivity contribution in [2.45, 2.75) is 0 Å². The third kappa shape index (κ3) is 1.53. The molecule has 4 aromatic carbocycles. The van der Waals surface area contributed by atoms with Crippen LogP contribution in [0.4, 0.5) is 0 Å². The molecule has 0 spiro atoms. The molecule has 2 heteroatoms. The quantitative estimate of drug-likeness (QED) is 0.321. The van der Waals surface area contributed by atoms with E-state index in [0.29, 0.717) is 0 Å². The predicted octanol–water partition coefficient (Wildman–Crippen LogP) is 6.14. The average molecular weight is 346 g/mol. The molecule has 0 aliphatic rings. The second-order valence-electron chi connectivity index (χ2n) is 5.63. The zero-order chi connectivity index (χ0) is 14.7. The number of hydrogen-bond acceptors (Lipinski definition) is 0. The van der Waals surface area contributed by atoms with Crippen molar-refractivity contribution in [1.29, 1.82) is 0 Å². The van der Waals surface area contributed by atoms with Gasteiger partial charge in [-0.1, -0.05) is 58.4 Å². The fraction of sp³-hybridized carbons (Fsp3) is 0. The lowest BCUT2D eigenvalue weighted by atomic mass is 10.0. The van der Waals surface area contributed by atoms with Crippen LogP contribution in [0.1, 0.15) is 0 Å². The second kappa shape index (κ2) is 4.34. The number of benzene rings is 4. The maximum absolute atomic E-state index is 3.59. The van der Waals surface area contributed by atoms with Crippen LogP contribution in [-0.2, 0) is 0 Å². The van der Waals surface area contributed by atoms with Gasteiger partial charge in [0, 0.05) is 20.9 Å². The molecule has 0 radical (unpaired) electrons. The van der Waals surface area contributed by atoms with Crippen LogP contribution in [0.25, 0.3) is 38.3 Å². The van der Waals surface area contributed by atoms with E-state index in [1.54, 1.807) is 0 Å². The zero-order valence-corrected chi connectivity index (χ0v) is 13.3. The summed E-state index contributed by atoms with van der Waals surface area (Å²) in [7, 11) is 0. The Bertz CT molecular complexity index is 1070. The molecule has 0 N–H and O–H groups in total. The molecule has 0 saturated heterocycles. The van der Waals surface area contributed by atoms with Crippen molar-refractivity contribution < 1.29 is 0 Å². The molecule has 5 rings (SSSR count). The Kier molecular flexibility index (Phi) is 2.42. The Hall–Kier alpha value is -2.32. The van der Waals surface area contributed by atoms with Gasteiger partial charge in [-0.25, -0.2) is 0 Å². The van der Waals surface area contributed by atoms with E-state index >= 15 is 0 Å². The summed E-state index contributed by atoms with van der Waals surface area (Å²) in [6, 6.07) is 26.0. The Morgan fingerprint density at radius 3 is 1.82 bits per heavy atom. The van der Waals surface area contributed by atoms with Crippen molar-refractivity contribution in [2.75, 3.05) is 0 Å². The Balaban J connectivity index is 2.08. The van der Waals surface area contributed by atoms with E-state index in [1.807, 2.05) is 0 Å². The van der Waals surface area contributed by atoms with Gasteiger partial charge in [0.2, 0.25) is 0 Å². The fourth-order valence-electron chi connectivity index (χ4n) is 3.51. The van der Waals surface area contributed by atoms with E-state index in [4.69, 9.17) is 0 Å². The minimum absolute atomic E-state index is 1.10. The lowest BCUT2D eigenvalue weighted by Crippen LogP contribution is -1.93. The number of nitrogens with zero attached hydrogens (tertiary/aromatic N) is 1. The summed E-state index contributed by atoms with van der Waals surface area (Å²) in [5.41, 5.74) is 3.72. The molecule has 0 amide bonds. The molecule has 0 aliphatic carbocycles. The van der Waals surface area contributed by atoms with Gasteiger partial charge in [0.1, 0.15) is 0 Å². The highest BCUT2D eigenvalue weighted by Gasteiger charge is 2.15. The highest BCUT2D eigenvalue weighted by atomic mass is 79.9. The van der Waals surface area contributed by atoms with Crippen LogP contribution < -0.4 is 0 Å². The SMILES string of the molecule is Brc1cccc(-n2c3cccc4ccc5cccc2c5c43)c1. The van der Waals surface area contributed by atoms with E-state index in [0.717, 1.165) is 4.47 Å². The Labute approximate surface area is 136 Å². The highest BCUT2D eigenvalue weighted by molar-refractivity contribution is 9.10. The van der Waals surface area contributed by atoms with Crippen molar-refractivity contribution in [3.63, 3.8) is 0 Å². The molecule has 5 aromatic rings. The predicted molar refractivity (Wildman–Crippen MR) is 97.2 cm³/mol. The smallest absolute Gasteiger partial charge is 0.0547 e. The topological polar surface area (TPSA) is 4.93 Å². The van der Waals surface area contributed by atoms with Crippen LogP contribution in [0.15, 0.2) is 77.3 Å². The standard InChI is InChI=1S/C20H12BrN/c21-15-6-3-7-16(12-15)22-17-8-1-4-13-10-11-14-5-2-9-18(22)20(14)19(13)17/h1-12H. The first-order chi connectivity index (χ1) is 10.8. The van der Waals surface area contributed by atoms with Crippen molar-refractivity contribution in [3.05, 3.63) is 77.3 Å². The van der Waals surface area contributed by atoms with Gasteiger partial charge >= 0.3 is 0 Å². The van der Waals surface area contributed by atoms with Gasteiger partial charge < -0.3 is 4.57 Å². The number of rotatable bonds is 1. The molecule has 0 unspecified atom stereocenters. The van der Waals surface area contributed by atoms with E-state index in [-0.39, 0.29) is 0 Å². The summed E-state index contributed by atoms with van der Waals surface area (Å²) < 4.78 is 3.45. The molecule has 0 fully saturated rings. The van der Waals surface area contributed by atoms with Crippen molar-refractivity contribution >= 4 is 48.5 Å². The normalized spacial score (nSPS) is 11.9. The van der Waals surface area contributed by atoms with E-state index in [2.05, 4.69) is 93.3 Å². The first-order valence-electron chi connectivity index (χ1n) is 7.33. The molecule has 1 aromatic heterocycles. The van der Waals surface area contributed by atoms with Gasteiger partial charge in [0.25, 0.3) is 0 Å². The van der Waals surface area contributed by atoms with Crippen LogP contribution in [-0.4, -0.2) is 4.57 Å². The fourth-order valence-corrected chi connectivity index (χ4v) is 3.90. The van der Waals surface area contributed by atoms with Gasteiger partial charge in [-0.3, -0.25) is 0 Å². The van der Waals surface area contributed by atoms with Gasteiger partial charge in [-0.05, 0) is 41.1 Å². The maximum Gasteiger partial charge on any atom is 0.0547 e. The summed E-state index contributed by atoms with van der Waals surface area (Å²) in [4.78, 5) is 0. The van der Waals surface area contributed by atoms with Crippen LogP contribution in [0.3, 0.4) is 0 Å². The molecule has 0 saturated carbocycles. The summed E-state index contributed by atoms with van der Waals surface area (Å²) in [5, 5.41) is 5.32. The number of halogens is 1. The Morgan fingerprint density at radius 1 is 0.636 bits per heavy atom. The van der Waals surface area contributed by atoms with Crippen LogP contribution >= 0.6 is 15.9 Å². The van der Waals surface area contributed by atoms with Gasteiger partial charge in [-0.2, -0.15) is 0 Å². The average Bonchev–Trinajstić information content (AvgIpc) is 2.89. The van der Waals surface area contributed by atoms with E-state index in [9.17, 15) is 0 Å². The summed E-state index contributed by atoms with van der Waals surface area (Å²) in [6.45, 7) is 0. The van der Waals surface area contributed by atoms with Gasteiger partial charge in [0.15, 0.2) is 0 Å². The molecule has 22 heavy (non-hydrogen) atoms. The third-order valence-corrected chi connectivity index (χ3v) is 4.88. The van der Waals surface area contributed by atoms with Gasteiger partial charge in [-0.15, -0.1) is 0 Å². The minimum Gasteiger partial charge on any atom is -0.309 e. The molecular weight excluding hydrogens is 334 g/mol. The second-order valence-corrected chi connectivity index (χ2v) is 6.55. The van der Waals surface area contributed by atoms with Crippen molar-refractivity contribution in [2.24, 2.45) is 0 Å².